The fraction of sp³-hybridized carbons (Fsp3) is 0.0227. The minimum Gasteiger partial charge on any atom is -0.455 e. The van der Waals surface area contributed by atoms with E-state index < -0.39 is 0 Å². The maximum atomic E-state index is 6.56. The molecule has 0 saturated heterocycles. The zero-order valence-electron chi connectivity index (χ0n) is 25.3. The zero-order chi connectivity index (χ0) is 30.7. The van der Waals surface area contributed by atoms with Gasteiger partial charge in [0, 0.05) is 22.4 Å². The van der Waals surface area contributed by atoms with Crippen LogP contribution >= 0.6 is 0 Å². The summed E-state index contributed by atoms with van der Waals surface area (Å²) in [6.45, 7) is 0. The Bertz CT molecular complexity index is 2350. The third-order valence-corrected chi connectivity index (χ3v) is 8.60. The second kappa shape index (κ2) is 12.2. The average molecular weight is 590 g/mol. The zero-order valence-corrected chi connectivity index (χ0v) is 25.3. The van der Waals surface area contributed by atoms with E-state index in [1.807, 2.05) is 36.5 Å². The van der Waals surface area contributed by atoms with Crippen LogP contribution in [-0.4, -0.2) is 6.21 Å². The van der Waals surface area contributed by atoms with Crippen LogP contribution in [-0.2, 0) is 6.42 Å². The second-order valence-electron chi connectivity index (χ2n) is 11.6. The van der Waals surface area contributed by atoms with Gasteiger partial charge in [-0.2, -0.15) is 0 Å². The molecule has 0 amide bonds. The van der Waals surface area contributed by atoms with Crippen molar-refractivity contribution < 1.29 is 4.42 Å². The highest BCUT2D eigenvalue weighted by atomic mass is 16.3. The number of rotatable bonds is 7. The molecule has 1 heterocycles. The molecule has 0 atom stereocenters. The summed E-state index contributed by atoms with van der Waals surface area (Å²) in [4.78, 5) is 4.88. The van der Waals surface area contributed by atoms with E-state index in [1.54, 1.807) is 0 Å². The molecule has 0 N–H and O–H groups in total. The SMILES string of the molecule is C(/Cc1ccc(-c2cc3c4ccc(-c5ccccc5)cc4oc3c3ccccc23)cc1)=C(/N=C/c1ccccc1)c1ccccc1. The highest BCUT2D eigenvalue weighted by Crippen LogP contribution is 2.40. The van der Waals surface area contributed by atoms with Crippen molar-refractivity contribution in [2.45, 2.75) is 6.42 Å². The lowest BCUT2D eigenvalue weighted by molar-refractivity contribution is 0.673. The van der Waals surface area contributed by atoms with E-state index in [-0.39, 0.29) is 0 Å². The van der Waals surface area contributed by atoms with Crippen molar-refractivity contribution in [1.82, 2.24) is 0 Å². The van der Waals surface area contributed by atoms with Gasteiger partial charge in [0.25, 0.3) is 0 Å². The van der Waals surface area contributed by atoms with Crippen molar-refractivity contribution in [1.29, 1.82) is 0 Å². The number of aliphatic imine (C=N–C) groups is 1. The normalized spacial score (nSPS) is 12.0. The molecule has 7 aromatic carbocycles. The molecule has 0 aliphatic carbocycles. The first-order valence-corrected chi connectivity index (χ1v) is 15.7. The number of fused-ring (bicyclic) bond motifs is 5. The first kappa shape index (κ1) is 27.6. The number of allylic oxidation sites excluding steroid dienone is 1. The Morgan fingerprint density at radius 2 is 1.17 bits per heavy atom. The topological polar surface area (TPSA) is 25.5 Å². The van der Waals surface area contributed by atoms with Gasteiger partial charge in [-0.25, -0.2) is 0 Å². The smallest absolute Gasteiger partial charge is 0.143 e. The van der Waals surface area contributed by atoms with Crippen molar-refractivity contribution in [3.63, 3.8) is 0 Å². The number of hydrogen-bond donors (Lipinski definition) is 0. The Morgan fingerprint density at radius 3 is 1.93 bits per heavy atom. The highest BCUT2D eigenvalue weighted by Gasteiger charge is 2.15. The van der Waals surface area contributed by atoms with Crippen LogP contribution in [0, 0.1) is 0 Å². The number of benzene rings is 7. The Balaban J connectivity index is 1.14. The lowest BCUT2D eigenvalue weighted by Gasteiger charge is -2.09. The van der Waals surface area contributed by atoms with E-state index in [4.69, 9.17) is 9.41 Å². The minimum atomic E-state index is 0.784. The lowest BCUT2D eigenvalue weighted by Crippen LogP contribution is -1.88. The molecule has 46 heavy (non-hydrogen) atoms. The molecule has 2 heteroatoms. The van der Waals surface area contributed by atoms with Crippen LogP contribution in [0.25, 0.3) is 60.7 Å². The predicted octanol–water partition coefficient (Wildman–Crippen LogP) is 11.8. The molecule has 0 aliphatic heterocycles. The van der Waals surface area contributed by atoms with Crippen LogP contribution in [0.1, 0.15) is 16.7 Å². The monoisotopic (exact) mass is 589 g/mol. The van der Waals surface area contributed by atoms with Crippen molar-refractivity contribution in [3.8, 4) is 22.3 Å². The van der Waals surface area contributed by atoms with Gasteiger partial charge in [0.2, 0.25) is 0 Å². The fourth-order valence-electron chi connectivity index (χ4n) is 6.22. The average Bonchev–Trinajstić information content (AvgIpc) is 3.51. The van der Waals surface area contributed by atoms with Crippen LogP contribution in [0.5, 0.6) is 0 Å². The second-order valence-corrected chi connectivity index (χ2v) is 11.6. The Kier molecular flexibility index (Phi) is 7.30. The summed E-state index contributed by atoms with van der Waals surface area (Å²) >= 11 is 0. The van der Waals surface area contributed by atoms with E-state index in [9.17, 15) is 0 Å². The van der Waals surface area contributed by atoms with Crippen LogP contribution in [0.4, 0.5) is 0 Å². The molecule has 8 aromatic rings. The number of furan rings is 1. The minimum absolute atomic E-state index is 0.784. The van der Waals surface area contributed by atoms with E-state index in [0.717, 1.165) is 56.1 Å². The van der Waals surface area contributed by atoms with Gasteiger partial charge in [-0.05, 0) is 69.0 Å². The molecule has 0 spiro atoms. The van der Waals surface area contributed by atoms with Crippen molar-refractivity contribution in [2.75, 3.05) is 0 Å². The van der Waals surface area contributed by atoms with E-state index in [2.05, 4.69) is 140 Å². The quantitative estimate of drug-likeness (QED) is 0.170. The van der Waals surface area contributed by atoms with Gasteiger partial charge in [-0.15, -0.1) is 0 Å². The molecule has 0 radical (unpaired) electrons. The summed E-state index contributed by atoms with van der Waals surface area (Å²) in [6.07, 6.45) is 4.93. The molecule has 1 aromatic heterocycles. The molecule has 0 saturated carbocycles. The first-order valence-electron chi connectivity index (χ1n) is 15.7. The molecule has 8 rings (SSSR count). The van der Waals surface area contributed by atoms with Crippen LogP contribution in [0.15, 0.2) is 179 Å². The van der Waals surface area contributed by atoms with Gasteiger partial charge in [-0.1, -0.05) is 152 Å². The lowest BCUT2D eigenvalue weighted by atomic mass is 9.94. The molecule has 218 valence electrons. The molecule has 2 nitrogen and oxygen atoms in total. The Hall–Kier alpha value is -5.99. The van der Waals surface area contributed by atoms with Crippen molar-refractivity contribution in [2.24, 2.45) is 4.99 Å². The Morgan fingerprint density at radius 1 is 0.522 bits per heavy atom. The van der Waals surface area contributed by atoms with Gasteiger partial charge < -0.3 is 4.42 Å². The maximum absolute atomic E-state index is 6.56. The molecule has 0 fully saturated rings. The van der Waals surface area contributed by atoms with Gasteiger partial charge in [-0.3, -0.25) is 4.99 Å². The highest BCUT2D eigenvalue weighted by molar-refractivity contribution is 6.19. The van der Waals surface area contributed by atoms with E-state index >= 15 is 0 Å². The van der Waals surface area contributed by atoms with Crippen LogP contribution in [0.3, 0.4) is 0 Å². The summed E-state index contributed by atoms with van der Waals surface area (Å²) in [5, 5.41) is 4.59. The summed E-state index contributed by atoms with van der Waals surface area (Å²) < 4.78 is 6.56. The van der Waals surface area contributed by atoms with Crippen molar-refractivity contribution in [3.05, 3.63) is 187 Å². The van der Waals surface area contributed by atoms with Gasteiger partial charge in [0.15, 0.2) is 0 Å². The summed E-state index contributed by atoms with van der Waals surface area (Å²) in [7, 11) is 0. The van der Waals surface area contributed by atoms with Gasteiger partial charge >= 0.3 is 0 Å². The summed E-state index contributed by atoms with van der Waals surface area (Å²) in [5.74, 6) is 0. The predicted molar refractivity (Wildman–Crippen MR) is 194 cm³/mol. The number of nitrogens with zero attached hydrogens (tertiary/aromatic N) is 1. The van der Waals surface area contributed by atoms with Gasteiger partial charge in [0.05, 0.1) is 5.70 Å². The molecular weight excluding hydrogens is 558 g/mol. The Labute approximate surface area is 268 Å². The fourth-order valence-corrected chi connectivity index (χ4v) is 6.22. The molecule has 0 aliphatic rings. The third-order valence-electron chi connectivity index (χ3n) is 8.60. The summed E-state index contributed by atoms with van der Waals surface area (Å²) in [5.41, 5.74) is 11.0. The largest absolute Gasteiger partial charge is 0.455 e. The summed E-state index contributed by atoms with van der Waals surface area (Å²) in [6, 6.07) is 57.4. The molecule has 0 bridgehead atoms. The number of hydrogen-bond acceptors (Lipinski definition) is 2. The van der Waals surface area contributed by atoms with Gasteiger partial charge in [0.1, 0.15) is 11.2 Å². The van der Waals surface area contributed by atoms with E-state index in [1.165, 1.54) is 27.6 Å². The molecular formula is C44H31NO. The van der Waals surface area contributed by atoms with Crippen LogP contribution < -0.4 is 0 Å². The maximum Gasteiger partial charge on any atom is 0.143 e. The third kappa shape index (κ3) is 5.42. The van der Waals surface area contributed by atoms with Crippen LogP contribution in [0.2, 0.25) is 0 Å². The standard InChI is InChI=1S/C44H31NO/c1-4-12-32(13-5-1)30-45-42(35-16-8-3-9-17-35)27-22-31-20-23-34(24-21-31)40-29-41-38-26-25-36(33-14-6-2-7-15-33)28-43(38)46-44(41)39-19-11-10-18-37(39)40/h1-21,23-30H,22H2/b42-27-,45-30+. The molecule has 0 unspecified atom stereocenters. The van der Waals surface area contributed by atoms with E-state index in [0.29, 0.717) is 0 Å². The first-order chi connectivity index (χ1) is 22.8. The van der Waals surface area contributed by atoms with Crippen molar-refractivity contribution >= 4 is 44.6 Å².